The largest absolute Gasteiger partial charge is 0.500 e. The van der Waals surface area contributed by atoms with E-state index in [0.29, 0.717) is 39.6 Å². The second kappa shape index (κ2) is 19.1. The van der Waals surface area contributed by atoms with Crippen LogP contribution < -0.4 is 0 Å². The van der Waals surface area contributed by atoms with E-state index < -0.39 is 17.6 Å². The third kappa shape index (κ3) is 13.2. The molecule has 0 heterocycles. The van der Waals surface area contributed by atoms with Gasteiger partial charge in [0.25, 0.3) is 0 Å². The van der Waals surface area contributed by atoms with E-state index in [0.717, 1.165) is 40.7 Å². The van der Waals surface area contributed by atoms with Crippen LogP contribution in [0.2, 0.25) is 12.1 Å². The second-order valence-corrected chi connectivity index (χ2v) is 14.3. The summed E-state index contributed by atoms with van der Waals surface area (Å²) >= 11 is 3.60. The maximum absolute atomic E-state index is 5.91. The molecule has 0 aromatic heterocycles. The predicted molar refractivity (Wildman–Crippen MR) is 134 cm³/mol. The first-order valence-corrected chi connectivity index (χ1v) is 17.1. The molecule has 0 aromatic rings. The van der Waals surface area contributed by atoms with Crippen molar-refractivity contribution in [3.63, 3.8) is 0 Å². The van der Waals surface area contributed by atoms with E-state index in [4.69, 9.17) is 26.6 Å². The van der Waals surface area contributed by atoms with Crippen LogP contribution in [0.5, 0.6) is 0 Å². The van der Waals surface area contributed by atoms with Crippen LogP contribution in [0.1, 0.15) is 54.4 Å². The zero-order valence-electron chi connectivity index (χ0n) is 20.0. The molecule has 0 fully saturated rings. The van der Waals surface area contributed by atoms with Gasteiger partial charge in [-0.3, -0.25) is 0 Å². The van der Waals surface area contributed by atoms with E-state index in [1.807, 2.05) is 41.5 Å². The topological polar surface area (TPSA) is 55.4 Å². The molecule has 30 heavy (non-hydrogen) atoms. The van der Waals surface area contributed by atoms with Gasteiger partial charge >= 0.3 is 17.6 Å². The van der Waals surface area contributed by atoms with Crippen LogP contribution in [0.15, 0.2) is 10.8 Å². The third-order valence-corrected chi connectivity index (χ3v) is 12.6. The molecule has 0 atom stereocenters. The molecule has 0 saturated carbocycles. The number of hydrogen-bond donors (Lipinski definition) is 0. The van der Waals surface area contributed by atoms with Crippen molar-refractivity contribution in [2.45, 2.75) is 66.5 Å². The number of rotatable bonds is 22. The standard InChI is InChI=1S/C20H44O6S2Si2/c1-8-21-29(22-9-2,23-10-3)18-14-16-27-20(7)28-17-15-19-30(24-11-4,25-12-5)26-13-6/h7-19H2,1-6H3. The van der Waals surface area contributed by atoms with Gasteiger partial charge in [0, 0.05) is 56.0 Å². The van der Waals surface area contributed by atoms with Crippen molar-refractivity contribution in [1.82, 2.24) is 0 Å². The van der Waals surface area contributed by atoms with Gasteiger partial charge in [0.1, 0.15) is 0 Å². The van der Waals surface area contributed by atoms with Gasteiger partial charge in [-0.15, -0.1) is 23.5 Å². The van der Waals surface area contributed by atoms with Gasteiger partial charge in [0.2, 0.25) is 0 Å². The second-order valence-electron chi connectivity index (χ2n) is 6.24. The first-order valence-electron chi connectivity index (χ1n) is 11.2. The zero-order chi connectivity index (χ0) is 22.7. The fourth-order valence-corrected chi connectivity index (χ4v) is 10.6. The van der Waals surface area contributed by atoms with E-state index >= 15 is 0 Å². The monoisotopic (exact) mass is 500 g/mol. The summed E-state index contributed by atoms with van der Waals surface area (Å²) in [6.07, 6.45) is 1.98. The lowest BCUT2D eigenvalue weighted by molar-refractivity contribution is 0.0704. The molecule has 0 N–H and O–H groups in total. The summed E-state index contributed by atoms with van der Waals surface area (Å²) in [5, 5.41) is 0. The highest BCUT2D eigenvalue weighted by molar-refractivity contribution is 8.22. The Morgan fingerprint density at radius 1 is 0.567 bits per heavy atom. The highest BCUT2D eigenvalue weighted by Gasteiger charge is 2.40. The lowest BCUT2D eigenvalue weighted by Crippen LogP contribution is -2.46. The molecular weight excluding hydrogens is 457 g/mol. The number of hydrogen-bond acceptors (Lipinski definition) is 8. The fourth-order valence-electron chi connectivity index (χ4n) is 2.99. The molecule has 6 nitrogen and oxygen atoms in total. The van der Waals surface area contributed by atoms with Crippen molar-refractivity contribution in [3.8, 4) is 0 Å². The summed E-state index contributed by atoms with van der Waals surface area (Å²) in [6.45, 7) is 19.9. The van der Waals surface area contributed by atoms with E-state index in [-0.39, 0.29) is 0 Å². The summed E-state index contributed by atoms with van der Waals surface area (Å²) in [6, 6.07) is 1.69. The summed E-state index contributed by atoms with van der Waals surface area (Å²) in [5.41, 5.74) is 0. The Morgan fingerprint density at radius 2 is 0.833 bits per heavy atom. The lowest BCUT2D eigenvalue weighted by atomic mass is 10.6. The molecule has 0 aliphatic carbocycles. The predicted octanol–water partition coefficient (Wildman–Crippen LogP) is 5.80. The van der Waals surface area contributed by atoms with Crippen LogP contribution >= 0.6 is 23.5 Å². The molecule has 0 saturated heterocycles. The fraction of sp³-hybridized carbons (Fsp3) is 0.900. The van der Waals surface area contributed by atoms with Gasteiger partial charge < -0.3 is 26.6 Å². The van der Waals surface area contributed by atoms with Crippen LogP contribution in [-0.4, -0.2) is 68.8 Å². The quantitative estimate of drug-likeness (QED) is 0.136. The van der Waals surface area contributed by atoms with Gasteiger partial charge in [-0.1, -0.05) is 6.58 Å². The summed E-state index contributed by atoms with van der Waals surface area (Å²) < 4.78 is 36.6. The van der Waals surface area contributed by atoms with E-state index in [1.54, 1.807) is 23.5 Å². The van der Waals surface area contributed by atoms with Crippen LogP contribution in [-0.2, 0) is 26.6 Å². The van der Waals surface area contributed by atoms with Gasteiger partial charge in [0.15, 0.2) is 0 Å². The number of thioether (sulfide) groups is 2. The molecule has 0 bridgehead atoms. The normalized spacial score (nSPS) is 12.5. The molecule has 10 heteroatoms. The average Bonchev–Trinajstić information content (AvgIpc) is 2.70. The Hall–Kier alpha value is 0.634. The molecule has 0 spiro atoms. The Morgan fingerprint density at radius 3 is 1.07 bits per heavy atom. The molecule has 0 aliphatic rings. The summed E-state index contributed by atoms with van der Waals surface area (Å²) in [4.78, 5) is 0. The lowest BCUT2D eigenvalue weighted by Gasteiger charge is -2.28. The van der Waals surface area contributed by atoms with Crippen molar-refractivity contribution in [1.29, 1.82) is 0 Å². The minimum Gasteiger partial charge on any atom is -0.374 e. The van der Waals surface area contributed by atoms with Crippen LogP contribution in [0, 0.1) is 0 Å². The van der Waals surface area contributed by atoms with Gasteiger partial charge in [-0.2, -0.15) is 0 Å². The van der Waals surface area contributed by atoms with E-state index in [9.17, 15) is 0 Å². The Kier molecular flexibility index (Phi) is 19.5. The maximum Gasteiger partial charge on any atom is 0.500 e. The molecule has 0 aliphatic heterocycles. The van der Waals surface area contributed by atoms with Crippen molar-refractivity contribution in [3.05, 3.63) is 10.8 Å². The van der Waals surface area contributed by atoms with Crippen molar-refractivity contribution in [2.75, 3.05) is 51.1 Å². The Balaban J connectivity index is 4.27. The summed E-state index contributed by atoms with van der Waals surface area (Å²) in [7, 11) is -5.06. The minimum absolute atomic E-state index is 0.623. The van der Waals surface area contributed by atoms with Crippen molar-refractivity contribution < 1.29 is 26.6 Å². The maximum atomic E-state index is 5.91. The summed E-state index contributed by atoms with van der Waals surface area (Å²) in [5.74, 6) is 1.98. The van der Waals surface area contributed by atoms with Crippen LogP contribution in [0.25, 0.3) is 0 Å². The van der Waals surface area contributed by atoms with E-state index in [1.165, 1.54) is 0 Å². The molecule has 0 radical (unpaired) electrons. The highest BCUT2D eigenvalue weighted by atomic mass is 32.2. The molecule has 180 valence electrons. The molecule has 0 unspecified atom stereocenters. The first kappa shape index (κ1) is 30.6. The average molecular weight is 501 g/mol. The Labute approximate surface area is 195 Å². The molecular formula is C20H44O6S2Si2. The SMILES string of the molecule is C=C(SCCC[Si](OCC)(OCC)OCC)SCCC[Si](OCC)(OCC)OCC. The minimum atomic E-state index is -2.53. The van der Waals surface area contributed by atoms with Crippen molar-refractivity contribution in [2.24, 2.45) is 0 Å². The Bertz CT molecular complexity index is 362. The zero-order valence-corrected chi connectivity index (χ0v) is 23.6. The van der Waals surface area contributed by atoms with Crippen molar-refractivity contribution >= 4 is 41.1 Å². The van der Waals surface area contributed by atoms with Crippen LogP contribution in [0.3, 0.4) is 0 Å². The first-order chi connectivity index (χ1) is 14.5. The highest BCUT2D eigenvalue weighted by Crippen LogP contribution is 2.30. The van der Waals surface area contributed by atoms with Gasteiger partial charge in [-0.05, 0) is 65.9 Å². The van der Waals surface area contributed by atoms with Crippen LogP contribution in [0.4, 0.5) is 0 Å². The van der Waals surface area contributed by atoms with Gasteiger partial charge in [0.05, 0.1) is 0 Å². The van der Waals surface area contributed by atoms with E-state index in [2.05, 4.69) is 6.58 Å². The molecule has 0 aromatic carbocycles. The smallest absolute Gasteiger partial charge is 0.374 e. The van der Waals surface area contributed by atoms with Gasteiger partial charge in [-0.25, -0.2) is 0 Å². The molecule has 0 rings (SSSR count). The third-order valence-electron chi connectivity index (χ3n) is 3.97. The molecule has 0 amide bonds.